The lowest BCUT2D eigenvalue weighted by Crippen LogP contribution is -2.48. The van der Waals surface area contributed by atoms with Gasteiger partial charge in [-0.1, -0.05) is 30.9 Å². The Balaban J connectivity index is 1.56. The zero-order valence-electron chi connectivity index (χ0n) is 13.4. The van der Waals surface area contributed by atoms with Gasteiger partial charge in [0.2, 0.25) is 0 Å². The van der Waals surface area contributed by atoms with Crippen LogP contribution in [0.2, 0.25) is 5.02 Å². The maximum absolute atomic E-state index is 11.9. The molecule has 1 saturated heterocycles. The van der Waals surface area contributed by atoms with Crippen LogP contribution in [0.4, 0.5) is 0 Å². The molecular weight excluding hydrogens is 312 g/mol. The molecule has 5 heteroatoms. The number of benzene rings is 1. The van der Waals surface area contributed by atoms with E-state index < -0.39 is 0 Å². The van der Waals surface area contributed by atoms with Crippen molar-refractivity contribution < 1.29 is 9.53 Å². The molecule has 1 aliphatic carbocycles. The molecule has 0 bridgehead atoms. The van der Waals surface area contributed by atoms with Crippen LogP contribution < -0.4 is 15.4 Å². The summed E-state index contributed by atoms with van der Waals surface area (Å²) in [6.07, 6.45) is 6.18. The average Bonchev–Trinajstić information content (AvgIpc) is 2.53. The summed E-state index contributed by atoms with van der Waals surface area (Å²) in [5.41, 5.74) is 1.16. The summed E-state index contributed by atoms with van der Waals surface area (Å²) in [4.78, 5) is 11.9. The first kappa shape index (κ1) is 16.6. The van der Waals surface area contributed by atoms with E-state index in [0.29, 0.717) is 11.8 Å². The van der Waals surface area contributed by atoms with E-state index in [4.69, 9.17) is 16.3 Å². The maximum atomic E-state index is 11.9. The normalized spacial score (nSPS) is 19.2. The molecule has 0 radical (unpaired) electrons. The zero-order valence-corrected chi connectivity index (χ0v) is 14.2. The molecule has 2 N–H and O–H groups in total. The van der Waals surface area contributed by atoms with Crippen molar-refractivity contribution in [1.29, 1.82) is 0 Å². The van der Waals surface area contributed by atoms with Crippen LogP contribution in [0.1, 0.15) is 43.6 Å². The minimum atomic E-state index is -0.0542. The third kappa shape index (κ3) is 4.61. The Hall–Kier alpha value is -1.26. The highest BCUT2D eigenvalue weighted by Gasteiger charge is 2.21. The van der Waals surface area contributed by atoms with Crippen LogP contribution in [0.5, 0.6) is 5.75 Å². The Morgan fingerprint density at radius 3 is 2.74 bits per heavy atom. The van der Waals surface area contributed by atoms with Crippen LogP contribution in [-0.2, 0) is 4.79 Å². The van der Waals surface area contributed by atoms with Gasteiger partial charge in [0, 0.05) is 30.6 Å². The SMILES string of the molecule is O=C(COc1ccc(Cl)cc1C1CCCCC1)NCC1CNC1. The van der Waals surface area contributed by atoms with Crippen LogP contribution in [0.3, 0.4) is 0 Å². The number of carbonyl (C=O) groups excluding carboxylic acids is 1. The molecule has 0 spiro atoms. The number of carbonyl (C=O) groups is 1. The summed E-state index contributed by atoms with van der Waals surface area (Å²) in [5.74, 6) is 1.82. The second-order valence-electron chi connectivity index (χ2n) is 6.63. The van der Waals surface area contributed by atoms with E-state index in [1.54, 1.807) is 0 Å². The van der Waals surface area contributed by atoms with Crippen molar-refractivity contribution in [2.75, 3.05) is 26.2 Å². The lowest BCUT2D eigenvalue weighted by atomic mass is 9.84. The minimum absolute atomic E-state index is 0.0542. The highest BCUT2D eigenvalue weighted by atomic mass is 35.5. The van der Waals surface area contributed by atoms with Crippen molar-refractivity contribution in [2.24, 2.45) is 5.92 Å². The first-order chi connectivity index (χ1) is 11.2. The fourth-order valence-corrected chi connectivity index (χ4v) is 3.51. The summed E-state index contributed by atoms with van der Waals surface area (Å²) in [6.45, 7) is 2.78. The van der Waals surface area contributed by atoms with E-state index >= 15 is 0 Å². The van der Waals surface area contributed by atoms with Gasteiger partial charge in [-0.3, -0.25) is 4.79 Å². The lowest BCUT2D eigenvalue weighted by molar-refractivity contribution is -0.123. The number of rotatable bonds is 6. The molecule has 0 unspecified atom stereocenters. The first-order valence-corrected chi connectivity index (χ1v) is 9.00. The molecule has 1 aromatic carbocycles. The van der Waals surface area contributed by atoms with Gasteiger partial charge in [0.1, 0.15) is 5.75 Å². The molecule has 1 aliphatic heterocycles. The Labute approximate surface area is 142 Å². The van der Waals surface area contributed by atoms with Gasteiger partial charge in [0.15, 0.2) is 6.61 Å². The van der Waals surface area contributed by atoms with Crippen LogP contribution in [0.15, 0.2) is 18.2 Å². The second-order valence-corrected chi connectivity index (χ2v) is 7.07. The van der Waals surface area contributed by atoms with Crippen molar-refractivity contribution in [2.45, 2.75) is 38.0 Å². The smallest absolute Gasteiger partial charge is 0.257 e. The molecule has 0 atom stereocenters. The topological polar surface area (TPSA) is 50.4 Å². The van der Waals surface area contributed by atoms with Gasteiger partial charge >= 0.3 is 0 Å². The fourth-order valence-electron chi connectivity index (χ4n) is 3.33. The van der Waals surface area contributed by atoms with Gasteiger partial charge < -0.3 is 15.4 Å². The van der Waals surface area contributed by atoms with E-state index in [2.05, 4.69) is 10.6 Å². The molecule has 2 fully saturated rings. The quantitative estimate of drug-likeness (QED) is 0.839. The van der Waals surface area contributed by atoms with E-state index in [0.717, 1.165) is 36.0 Å². The molecule has 4 nitrogen and oxygen atoms in total. The Kier molecular flexibility index (Phi) is 5.79. The van der Waals surface area contributed by atoms with Crippen molar-refractivity contribution >= 4 is 17.5 Å². The summed E-state index contributed by atoms with van der Waals surface area (Å²) in [5, 5.41) is 6.87. The van der Waals surface area contributed by atoms with Gasteiger partial charge in [0.25, 0.3) is 5.91 Å². The van der Waals surface area contributed by atoms with Crippen molar-refractivity contribution in [3.63, 3.8) is 0 Å². The monoisotopic (exact) mass is 336 g/mol. The predicted octanol–water partition coefficient (Wildman–Crippen LogP) is 3.10. The first-order valence-electron chi connectivity index (χ1n) is 8.62. The third-order valence-corrected chi connectivity index (χ3v) is 5.06. The Morgan fingerprint density at radius 2 is 2.04 bits per heavy atom. The number of nitrogens with one attached hydrogen (secondary N) is 2. The van der Waals surface area contributed by atoms with Gasteiger partial charge in [0.05, 0.1) is 0 Å². The molecule has 2 aliphatic rings. The molecule has 1 heterocycles. The number of amides is 1. The lowest BCUT2D eigenvalue weighted by Gasteiger charge is -2.27. The largest absolute Gasteiger partial charge is 0.483 e. The summed E-state index contributed by atoms with van der Waals surface area (Å²) < 4.78 is 5.80. The van der Waals surface area contributed by atoms with Crippen LogP contribution >= 0.6 is 11.6 Å². The fraction of sp³-hybridized carbons (Fsp3) is 0.611. The molecular formula is C18H25ClN2O2. The molecule has 126 valence electrons. The summed E-state index contributed by atoms with van der Waals surface area (Å²) in [7, 11) is 0. The van der Waals surface area contributed by atoms with Crippen molar-refractivity contribution in [1.82, 2.24) is 10.6 Å². The van der Waals surface area contributed by atoms with E-state index in [-0.39, 0.29) is 12.5 Å². The van der Waals surface area contributed by atoms with Crippen molar-refractivity contribution in [3.05, 3.63) is 28.8 Å². The van der Waals surface area contributed by atoms with Crippen LogP contribution in [0.25, 0.3) is 0 Å². The third-order valence-electron chi connectivity index (χ3n) is 4.83. The van der Waals surface area contributed by atoms with Gasteiger partial charge in [-0.05, 0) is 42.5 Å². The molecule has 3 rings (SSSR count). The van der Waals surface area contributed by atoms with Gasteiger partial charge in [-0.15, -0.1) is 0 Å². The van der Waals surface area contributed by atoms with Crippen molar-refractivity contribution in [3.8, 4) is 5.75 Å². The molecule has 1 aromatic rings. The van der Waals surface area contributed by atoms with Gasteiger partial charge in [-0.2, -0.15) is 0 Å². The Bertz CT molecular complexity index is 540. The molecule has 1 amide bonds. The second kappa shape index (κ2) is 8.02. The molecule has 23 heavy (non-hydrogen) atoms. The van der Waals surface area contributed by atoms with E-state index in [1.165, 1.54) is 32.1 Å². The van der Waals surface area contributed by atoms with Gasteiger partial charge in [-0.25, -0.2) is 0 Å². The number of hydrogen-bond donors (Lipinski definition) is 2. The zero-order chi connectivity index (χ0) is 16.1. The maximum Gasteiger partial charge on any atom is 0.257 e. The molecule has 0 aromatic heterocycles. The van der Waals surface area contributed by atoms with Crippen LogP contribution in [-0.4, -0.2) is 32.1 Å². The predicted molar refractivity (Wildman–Crippen MR) is 92.1 cm³/mol. The Morgan fingerprint density at radius 1 is 1.26 bits per heavy atom. The summed E-state index contributed by atoms with van der Waals surface area (Å²) in [6, 6.07) is 5.74. The summed E-state index contributed by atoms with van der Waals surface area (Å²) >= 11 is 6.16. The molecule has 1 saturated carbocycles. The standard InChI is InChI=1S/C18H25ClN2O2/c19-15-6-7-17(16(8-15)14-4-2-1-3-5-14)23-12-18(22)21-11-13-9-20-10-13/h6-8,13-14,20H,1-5,9-12H2,(H,21,22). The minimum Gasteiger partial charge on any atom is -0.483 e. The van der Waals surface area contributed by atoms with Crippen LogP contribution in [0, 0.1) is 5.92 Å². The number of halogens is 1. The number of hydrogen-bond acceptors (Lipinski definition) is 3. The number of ether oxygens (including phenoxy) is 1. The van der Waals surface area contributed by atoms with E-state index in [1.807, 2.05) is 18.2 Å². The highest BCUT2D eigenvalue weighted by molar-refractivity contribution is 6.30. The average molecular weight is 337 g/mol. The van der Waals surface area contributed by atoms with E-state index in [9.17, 15) is 4.79 Å². The highest BCUT2D eigenvalue weighted by Crippen LogP contribution is 2.38.